The molecule has 0 heterocycles. The summed E-state index contributed by atoms with van der Waals surface area (Å²) in [5.41, 5.74) is 6.84. The van der Waals surface area contributed by atoms with Crippen LogP contribution < -0.4 is 11.1 Å². The second-order valence-electron chi connectivity index (χ2n) is 5.41. The van der Waals surface area contributed by atoms with Crippen LogP contribution >= 0.6 is 12.4 Å². The Balaban J connectivity index is 0.00000361. The number of anilines is 1. The van der Waals surface area contributed by atoms with E-state index in [-0.39, 0.29) is 24.2 Å². The molecule has 0 aliphatic rings. The summed E-state index contributed by atoms with van der Waals surface area (Å²) in [4.78, 5) is 25.2. The summed E-state index contributed by atoms with van der Waals surface area (Å²) in [6.45, 7) is 5.11. The number of hydrogen-bond acceptors (Lipinski definition) is 3. The predicted molar refractivity (Wildman–Crippen MR) is 83.3 cm³/mol. The normalized spacial score (nSPS) is 10.5. The Labute approximate surface area is 125 Å². The maximum Gasteiger partial charge on any atom is 0.253 e. The van der Waals surface area contributed by atoms with Crippen molar-refractivity contribution in [2.75, 3.05) is 19.4 Å². The molecule has 0 unspecified atom stereocenters. The predicted octanol–water partition coefficient (Wildman–Crippen LogP) is 1.79. The van der Waals surface area contributed by atoms with E-state index in [1.165, 1.54) is 4.90 Å². The quantitative estimate of drug-likeness (QED) is 0.893. The molecule has 0 aromatic heterocycles. The van der Waals surface area contributed by atoms with Gasteiger partial charge in [0.05, 0.1) is 5.54 Å². The minimum absolute atomic E-state index is 0. The molecule has 112 valence electrons. The molecule has 5 nitrogen and oxygen atoms in total. The Bertz CT molecular complexity index is 508. The number of rotatable bonds is 3. The van der Waals surface area contributed by atoms with Crippen molar-refractivity contribution in [3.8, 4) is 0 Å². The Morgan fingerprint density at radius 3 is 2.20 bits per heavy atom. The van der Waals surface area contributed by atoms with Gasteiger partial charge >= 0.3 is 0 Å². The number of benzene rings is 1. The van der Waals surface area contributed by atoms with E-state index in [1.807, 2.05) is 6.92 Å². The van der Waals surface area contributed by atoms with E-state index >= 15 is 0 Å². The maximum absolute atomic E-state index is 11.9. The van der Waals surface area contributed by atoms with Gasteiger partial charge in [-0.1, -0.05) is 0 Å². The minimum atomic E-state index is -0.938. The van der Waals surface area contributed by atoms with Crippen LogP contribution in [0.3, 0.4) is 0 Å². The van der Waals surface area contributed by atoms with Crippen molar-refractivity contribution in [1.82, 2.24) is 4.90 Å². The molecule has 0 radical (unpaired) electrons. The summed E-state index contributed by atoms with van der Waals surface area (Å²) < 4.78 is 0. The van der Waals surface area contributed by atoms with Crippen molar-refractivity contribution in [3.05, 3.63) is 29.3 Å². The van der Waals surface area contributed by atoms with Crippen LogP contribution in [0.15, 0.2) is 18.2 Å². The Morgan fingerprint density at radius 2 is 1.80 bits per heavy atom. The van der Waals surface area contributed by atoms with Crippen molar-refractivity contribution in [2.24, 2.45) is 5.73 Å². The molecule has 0 fully saturated rings. The molecule has 3 N–H and O–H groups in total. The molecule has 0 saturated heterocycles. The molecule has 0 aliphatic carbocycles. The van der Waals surface area contributed by atoms with E-state index in [9.17, 15) is 9.59 Å². The van der Waals surface area contributed by atoms with Gasteiger partial charge in [-0.25, -0.2) is 0 Å². The highest BCUT2D eigenvalue weighted by atomic mass is 35.5. The number of nitrogens with two attached hydrogens (primary N) is 1. The van der Waals surface area contributed by atoms with E-state index in [4.69, 9.17) is 5.73 Å². The van der Waals surface area contributed by atoms with Crippen LogP contribution in [-0.2, 0) is 4.79 Å². The monoisotopic (exact) mass is 299 g/mol. The average Bonchev–Trinajstić information content (AvgIpc) is 2.26. The van der Waals surface area contributed by atoms with Gasteiger partial charge in [0.2, 0.25) is 5.91 Å². The van der Waals surface area contributed by atoms with Gasteiger partial charge in [0.15, 0.2) is 0 Å². The number of nitrogens with zero attached hydrogens (tertiary/aromatic N) is 1. The number of carbonyl (C=O) groups is 2. The van der Waals surface area contributed by atoms with Crippen molar-refractivity contribution >= 4 is 29.9 Å². The zero-order valence-corrected chi connectivity index (χ0v) is 13.3. The molecule has 1 aromatic rings. The Hall–Kier alpha value is -1.59. The molecule has 0 bridgehead atoms. The third-order valence-electron chi connectivity index (χ3n) is 2.71. The zero-order chi connectivity index (χ0) is 14.8. The van der Waals surface area contributed by atoms with Crippen LogP contribution in [0.2, 0.25) is 0 Å². The van der Waals surface area contributed by atoms with E-state index in [1.54, 1.807) is 46.1 Å². The van der Waals surface area contributed by atoms with Gasteiger partial charge in [0.1, 0.15) is 0 Å². The standard InChI is InChI=1S/C14H21N3O2.ClH/c1-9-8-10(16-13(19)14(2,3)15)6-7-11(9)12(18)17(4)5;/h6-8H,15H2,1-5H3,(H,16,19);1H. The summed E-state index contributed by atoms with van der Waals surface area (Å²) in [5.74, 6) is -0.326. The summed E-state index contributed by atoms with van der Waals surface area (Å²) in [6.07, 6.45) is 0. The van der Waals surface area contributed by atoms with Crippen molar-refractivity contribution in [2.45, 2.75) is 26.3 Å². The van der Waals surface area contributed by atoms with Gasteiger partial charge in [-0.3, -0.25) is 9.59 Å². The summed E-state index contributed by atoms with van der Waals surface area (Å²) in [6, 6.07) is 5.17. The third kappa shape index (κ3) is 4.51. The van der Waals surface area contributed by atoms with Crippen LogP contribution in [0.5, 0.6) is 0 Å². The fourth-order valence-electron chi connectivity index (χ4n) is 1.51. The van der Waals surface area contributed by atoms with Gasteiger partial charge in [-0.05, 0) is 44.5 Å². The fourth-order valence-corrected chi connectivity index (χ4v) is 1.51. The van der Waals surface area contributed by atoms with Crippen LogP contribution in [-0.4, -0.2) is 36.3 Å². The third-order valence-corrected chi connectivity index (χ3v) is 2.71. The first-order valence-corrected chi connectivity index (χ1v) is 6.05. The lowest BCUT2D eigenvalue weighted by molar-refractivity contribution is -0.120. The highest BCUT2D eigenvalue weighted by molar-refractivity contribution is 5.99. The first-order valence-electron chi connectivity index (χ1n) is 6.05. The van der Waals surface area contributed by atoms with Gasteiger partial charge in [0.25, 0.3) is 5.91 Å². The number of amides is 2. The molecule has 2 amide bonds. The molecular weight excluding hydrogens is 278 g/mol. The minimum Gasteiger partial charge on any atom is -0.345 e. The van der Waals surface area contributed by atoms with Crippen molar-refractivity contribution in [3.63, 3.8) is 0 Å². The fraction of sp³-hybridized carbons (Fsp3) is 0.429. The Kier molecular flexibility index (Phi) is 6.19. The van der Waals surface area contributed by atoms with Crippen LogP contribution in [0.25, 0.3) is 0 Å². The molecule has 1 aromatic carbocycles. The number of hydrogen-bond donors (Lipinski definition) is 2. The largest absolute Gasteiger partial charge is 0.345 e. The topological polar surface area (TPSA) is 75.4 Å². The van der Waals surface area contributed by atoms with E-state index in [0.717, 1.165) is 5.56 Å². The molecular formula is C14H22ClN3O2. The second kappa shape index (κ2) is 6.72. The molecule has 0 aliphatic heterocycles. The second-order valence-corrected chi connectivity index (χ2v) is 5.41. The first-order chi connectivity index (χ1) is 8.62. The summed E-state index contributed by atoms with van der Waals surface area (Å²) >= 11 is 0. The first kappa shape index (κ1) is 18.4. The SMILES string of the molecule is Cc1cc(NC(=O)C(C)(C)N)ccc1C(=O)N(C)C.Cl. The number of halogens is 1. The lowest BCUT2D eigenvalue weighted by Gasteiger charge is -2.18. The number of nitrogens with one attached hydrogen (secondary N) is 1. The molecule has 0 saturated carbocycles. The van der Waals surface area contributed by atoms with Crippen molar-refractivity contribution < 1.29 is 9.59 Å². The number of aryl methyl sites for hydroxylation is 1. The smallest absolute Gasteiger partial charge is 0.253 e. The average molecular weight is 300 g/mol. The lowest BCUT2D eigenvalue weighted by Crippen LogP contribution is -2.45. The van der Waals surface area contributed by atoms with E-state index < -0.39 is 5.54 Å². The van der Waals surface area contributed by atoms with Crippen LogP contribution in [0.1, 0.15) is 29.8 Å². The van der Waals surface area contributed by atoms with Crippen LogP contribution in [0, 0.1) is 6.92 Å². The lowest BCUT2D eigenvalue weighted by atomic mass is 10.0. The highest BCUT2D eigenvalue weighted by Gasteiger charge is 2.22. The van der Waals surface area contributed by atoms with Gasteiger partial charge in [-0.15, -0.1) is 12.4 Å². The zero-order valence-electron chi connectivity index (χ0n) is 12.5. The van der Waals surface area contributed by atoms with Gasteiger partial charge < -0.3 is 16.0 Å². The Morgan fingerprint density at radius 1 is 1.25 bits per heavy atom. The maximum atomic E-state index is 11.9. The molecule has 6 heteroatoms. The van der Waals surface area contributed by atoms with Crippen molar-refractivity contribution in [1.29, 1.82) is 0 Å². The van der Waals surface area contributed by atoms with Gasteiger partial charge in [-0.2, -0.15) is 0 Å². The molecule has 0 atom stereocenters. The molecule has 20 heavy (non-hydrogen) atoms. The van der Waals surface area contributed by atoms with Crippen LogP contribution in [0.4, 0.5) is 5.69 Å². The molecule has 0 spiro atoms. The van der Waals surface area contributed by atoms with E-state index in [2.05, 4.69) is 5.32 Å². The highest BCUT2D eigenvalue weighted by Crippen LogP contribution is 2.17. The van der Waals surface area contributed by atoms with Gasteiger partial charge in [0, 0.05) is 25.3 Å². The van der Waals surface area contributed by atoms with E-state index in [0.29, 0.717) is 11.3 Å². The summed E-state index contributed by atoms with van der Waals surface area (Å²) in [7, 11) is 3.41. The number of carbonyl (C=O) groups excluding carboxylic acids is 2. The molecule has 1 rings (SSSR count). The summed E-state index contributed by atoms with van der Waals surface area (Å²) in [5, 5.41) is 2.73.